The van der Waals surface area contributed by atoms with E-state index in [1.165, 1.54) is 18.2 Å². The number of benzene rings is 2. The maximum Gasteiger partial charge on any atom is 0.503 e. The van der Waals surface area contributed by atoms with Crippen LogP contribution in [0.25, 0.3) is 6.08 Å². The monoisotopic (exact) mass is 542 g/mol. The van der Waals surface area contributed by atoms with Crippen LogP contribution in [0.15, 0.2) is 48.5 Å². The summed E-state index contributed by atoms with van der Waals surface area (Å²) < 4.78 is 11.2. The Bertz CT molecular complexity index is 1020. The summed E-state index contributed by atoms with van der Waals surface area (Å²) in [7, 11) is 0. The van der Waals surface area contributed by atoms with E-state index in [1.807, 2.05) is 12.1 Å². The number of ether oxygens (including phenoxy) is 2. The summed E-state index contributed by atoms with van der Waals surface area (Å²) in [5, 5.41) is 44.7. The van der Waals surface area contributed by atoms with Gasteiger partial charge in [-0.1, -0.05) is 41.4 Å². The minimum Gasteiger partial charge on any atom is -0.508 e. The summed E-state index contributed by atoms with van der Waals surface area (Å²) in [5.41, 5.74) is 1.77. The van der Waals surface area contributed by atoms with E-state index in [0.29, 0.717) is 28.6 Å². The van der Waals surface area contributed by atoms with Gasteiger partial charge in [0.1, 0.15) is 18.0 Å². The molecule has 1 aliphatic rings. The number of carbonyl (C=O) groups is 2. The van der Waals surface area contributed by atoms with Crippen LogP contribution in [0.4, 0.5) is 4.79 Å². The van der Waals surface area contributed by atoms with Gasteiger partial charge in [0.15, 0.2) is 0 Å². The van der Waals surface area contributed by atoms with Crippen molar-refractivity contribution in [3.05, 3.63) is 69.7 Å². The maximum atomic E-state index is 12.2. The van der Waals surface area contributed by atoms with Gasteiger partial charge in [0, 0.05) is 25.5 Å². The third kappa shape index (κ3) is 10.4. The molecule has 5 N–H and O–H groups in total. The molecule has 0 heterocycles. The highest BCUT2D eigenvalue weighted by atomic mass is 35.5. The molecule has 0 radical (unpaired) electrons. The standard InChI is InChI=1S/C24H26Cl2O6.CH2O3/c25-19-9-5-16(12-20(19)26)2-1-11-31-18-13-21(28)24(30)22(14-18)32-23(29)10-6-15-3-7-17(27)8-4-15;2-1(3)4/h3-10,12,18,21-22,24,27-28,30H,1-2,11,13-14H2;(H2,2,3,4)/b10-6+;/t18-,21-,22+,24+;/m0./s1. The van der Waals surface area contributed by atoms with E-state index in [-0.39, 0.29) is 18.3 Å². The van der Waals surface area contributed by atoms with Gasteiger partial charge in [-0.3, -0.25) is 0 Å². The van der Waals surface area contributed by atoms with Crippen molar-refractivity contribution < 1.29 is 44.6 Å². The molecule has 4 atom stereocenters. The van der Waals surface area contributed by atoms with Crippen LogP contribution >= 0.6 is 23.2 Å². The predicted octanol–water partition coefficient (Wildman–Crippen LogP) is 4.38. The summed E-state index contributed by atoms with van der Waals surface area (Å²) in [6, 6.07) is 11.8. The molecule has 11 heteroatoms. The Kier molecular flexibility index (Phi) is 12.0. The molecule has 1 fully saturated rings. The number of esters is 1. The number of phenols is 1. The van der Waals surface area contributed by atoms with Crippen molar-refractivity contribution in [1.82, 2.24) is 0 Å². The highest BCUT2D eigenvalue weighted by molar-refractivity contribution is 6.42. The van der Waals surface area contributed by atoms with Gasteiger partial charge in [0.05, 0.1) is 22.3 Å². The van der Waals surface area contributed by atoms with Gasteiger partial charge in [-0.05, 0) is 54.3 Å². The van der Waals surface area contributed by atoms with E-state index in [9.17, 15) is 20.1 Å². The maximum absolute atomic E-state index is 12.2. The van der Waals surface area contributed by atoms with Gasteiger partial charge in [-0.15, -0.1) is 0 Å². The second kappa shape index (κ2) is 14.7. The summed E-state index contributed by atoms with van der Waals surface area (Å²) in [6.45, 7) is 0.454. The molecule has 1 aliphatic carbocycles. The summed E-state index contributed by atoms with van der Waals surface area (Å²) >= 11 is 12.0. The number of hydrogen-bond donors (Lipinski definition) is 5. The topological polar surface area (TPSA) is 154 Å². The first-order chi connectivity index (χ1) is 17.0. The van der Waals surface area contributed by atoms with Crippen molar-refractivity contribution in [3.8, 4) is 5.75 Å². The van der Waals surface area contributed by atoms with E-state index in [1.54, 1.807) is 24.3 Å². The lowest BCUT2D eigenvalue weighted by Gasteiger charge is -2.36. The Labute approximate surface area is 218 Å². The van der Waals surface area contributed by atoms with E-state index < -0.39 is 30.4 Å². The zero-order valence-electron chi connectivity index (χ0n) is 19.2. The second-order valence-electron chi connectivity index (χ2n) is 8.06. The van der Waals surface area contributed by atoms with Gasteiger partial charge in [-0.2, -0.15) is 0 Å². The molecule has 1 saturated carbocycles. The Balaban J connectivity index is 0.00000106. The summed E-state index contributed by atoms with van der Waals surface area (Å²) in [4.78, 5) is 20.7. The number of carboxylic acid groups (broad SMARTS) is 2. The Morgan fingerprint density at radius 1 is 1.00 bits per heavy atom. The quantitative estimate of drug-likeness (QED) is 0.185. The SMILES string of the molecule is O=C(/C=C/c1ccc(O)cc1)O[C@@H]1C[C@@H](OCCCc2ccc(Cl)c(Cl)c2)C[C@H](O)[C@H]1O.O=C(O)O. The van der Waals surface area contributed by atoms with Crippen molar-refractivity contribution in [2.45, 2.75) is 50.1 Å². The van der Waals surface area contributed by atoms with Gasteiger partial charge < -0.3 is 35.0 Å². The molecule has 0 spiro atoms. The lowest BCUT2D eigenvalue weighted by molar-refractivity contribution is -0.170. The lowest BCUT2D eigenvalue weighted by atomic mass is 9.89. The van der Waals surface area contributed by atoms with Crippen molar-refractivity contribution >= 4 is 41.4 Å². The normalized spacial score (nSPS) is 21.4. The fourth-order valence-corrected chi connectivity index (χ4v) is 3.89. The van der Waals surface area contributed by atoms with Gasteiger partial charge in [-0.25, -0.2) is 9.59 Å². The van der Waals surface area contributed by atoms with Crippen LogP contribution in [0.3, 0.4) is 0 Å². The van der Waals surface area contributed by atoms with Crippen LogP contribution in [-0.2, 0) is 20.7 Å². The molecule has 0 aliphatic heterocycles. The first-order valence-electron chi connectivity index (χ1n) is 11.1. The molecule has 0 saturated heterocycles. The third-order valence-electron chi connectivity index (χ3n) is 5.29. The average molecular weight is 543 g/mol. The summed E-state index contributed by atoms with van der Waals surface area (Å²) in [6.07, 6.45) is -0.383. The molecular weight excluding hydrogens is 515 g/mol. The number of halogens is 2. The molecule has 0 amide bonds. The van der Waals surface area contributed by atoms with E-state index in [2.05, 4.69) is 0 Å². The highest BCUT2D eigenvalue weighted by Crippen LogP contribution is 2.26. The van der Waals surface area contributed by atoms with Crippen molar-refractivity contribution in [2.24, 2.45) is 0 Å². The van der Waals surface area contributed by atoms with Gasteiger partial charge in [0.2, 0.25) is 0 Å². The predicted molar refractivity (Wildman–Crippen MR) is 133 cm³/mol. The lowest BCUT2D eigenvalue weighted by Crippen LogP contribution is -2.48. The number of aromatic hydroxyl groups is 1. The molecule has 0 bridgehead atoms. The molecule has 0 unspecified atom stereocenters. The first-order valence-corrected chi connectivity index (χ1v) is 11.8. The number of carbonyl (C=O) groups excluding carboxylic acids is 1. The smallest absolute Gasteiger partial charge is 0.503 e. The van der Waals surface area contributed by atoms with Gasteiger partial charge in [0.25, 0.3) is 0 Å². The highest BCUT2D eigenvalue weighted by Gasteiger charge is 2.38. The molecule has 3 rings (SSSR count). The number of rotatable bonds is 8. The van der Waals surface area contributed by atoms with Crippen molar-refractivity contribution in [1.29, 1.82) is 0 Å². The third-order valence-corrected chi connectivity index (χ3v) is 6.03. The number of aryl methyl sites for hydroxylation is 1. The largest absolute Gasteiger partial charge is 0.508 e. The molecule has 36 heavy (non-hydrogen) atoms. The fraction of sp³-hybridized carbons (Fsp3) is 0.360. The zero-order chi connectivity index (χ0) is 26.7. The van der Waals surface area contributed by atoms with Crippen LogP contribution in [0.2, 0.25) is 10.0 Å². The average Bonchev–Trinajstić information content (AvgIpc) is 2.81. The fourth-order valence-electron chi connectivity index (χ4n) is 3.56. The Hall–Kier alpha value is -2.82. The van der Waals surface area contributed by atoms with Crippen molar-refractivity contribution in [3.63, 3.8) is 0 Å². The molecule has 9 nitrogen and oxygen atoms in total. The van der Waals surface area contributed by atoms with Crippen molar-refractivity contribution in [2.75, 3.05) is 6.61 Å². The molecule has 2 aromatic carbocycles. The minimum absolute atomic E-state index is 0.132. The van der Waals surface area contributed by atoms with Crippen LogP contribution < -0.4 is 0 Å². The minimum atomic E-state index is -1.83. The number of hydrogen-bond acceptors (Lipinski definition) is 7. The molecular formula is C25H28Cl2O9. The summed E-state index contributed by atoms with van der Waals surface area (Å²) in [5.74, 6) is -0.498. The molecule has 196 valence electrons. The van der Waals surface area contributed by atoms with Crippen LogP contribution in [0, 0.1) is 0 Å². The molecule has 2 aromatic rings. The second-order valence-corrected chi connectivity index (χ2v) is 8.87. The van der Waals surface area contributed by atoms with Gasteiger partial charge >= 0.3 is 12.1 Å². The molecule has 0 aromatic heterocycles. The van der Waals surface area contributed by atoms with Crippen LogP contribution in [0.1, 0.15) is 30.4 Å². The number of phenolic OH excluding ortho intramolecular Hbond substituents is 1. The zero-order valence-corrected chi connectivity index (χ0v) is 20.7. The van der Waals surface area contributed by atoms with E-state index in [0.717, 1.165) is 18.4 Å². The van der Waals surface area contributed by atoms with Crippen LogP contribution in [-0.4, -0.2) is 68.7 Å². The Morgan fingerprint density at radius 2 is 1.67 bits per heavy atom. The number of aliphatic hydroxyl groups excluding tert-OH is 2. The Morgan fingerprint density at radius 3 is 2.31 bits per heavy atom. The van der Waals surface area contributed by atoms with E-state index >= 15 is 0 Å². The first kappa shape index (κ1) is 29.4. The van der Waals surface area contributed by atoms with Crippen LogP contribution in [0.5, 0.6) is 5.75 Å². The number of aliphatic hydroxyl groups is 2. The van der Waals surface area contributed by atoms with E-state index in [4.69, 9.17) is 47.7 Å².